The number of ether oxygens (including phenoxy) is 3. The number of esters is 1. The molecule has 32 heavy (non-hydrogen) atoms. The highest BCUT2D eigenvalue weighted by molar-refractivity contribution is 6.30. The fourth-order valence-electron chi connectivity index (χ4n) is 3.59. The second-order valence-electron chi connectivity index (χ2n) is 7.67. The van der Waals surface area contributed by atoms with Crippen LogP contribution in [0.5, 0.6) is 5.75 Å². The van der Waals surface area contributed by atoms with Gasteiger partial charge in [0.05, 0.1) is 19.8 Å². The first-order valence-corrected chi connectivity index (χ1v) is 11.0. The highest BCUT2D eigenvalue weighted by Gasteiger charge is 2.25. The molecule has 0 aliphatic carbocycles. The lowest BCUT2D eigenvalue weighted by Crippen LogP contribution is -2.50. The molecule has 0 bridgehead atoms. The molecule has 3 rings (SSSR count). The van der Waals surface area contributed by atoms with E-state index in [-0.39, 0.29) is 18.6 Å². The van der Waals surface area contributed by atoms with Crippen molar-refractivity contribution in [1.29, 1.82) is 0 Å². The molecule has 0 spiro atoms. The van der Waals surface area contributed by atoms with E-state index in [4.69, 9.17) is 25.8 Å². The number of nitrogens with zero attached hydrogens (tertiary/aromatic N) is 2. The molecule has 8 heteroatoms. The topological polar surface area (TPSA) is 68.3 Å². The van der Waals surface area contributed by atoms with Crippen LogP contribution in [0.3, 0.4) is 0 Å². The first-order valence-electron chi connectivity index (χ1n) is 10.6. The number of amides is 1. The summed E-state index contributed by atoms with van der Waals surface area (Å²) >= 11 is 6.11. The number of carbonyl (C=O) groups is 2. The van der Waals surface area contributed by atoms with Gasteiger partial charge in [0, 0.05) is 44.7 Å². The molecular weight excluding hydrogens is 432 g/mol. The largest absolute Gasteiger partial charge is 0.497 e. The maximum absolute atomic E-state index is 12.2. The van der Waals surface area contributed by atoms with E-state index in [1.807, 2.05) is 48.5 Å². The molecule has 0 N–H and O–H groups in total. The van der Waals surface area contributed by atoms with E-state index in [2.05, 4.69) is 4.90 Å². The van der Waals surface area contributed by atoms with E-state index in [1.54, 1.807) is 12.0 Å². The minimum atomic E-state index is -0.449. The van der Waals surface area contributed by atoms with Gasteiger partial charge >= 0.3 is 5.97 Å². The Hall–Kier alpha value is -2.61. The van der Waals surface area contributed by atoms with Gasteiger partial charge in [-0.3, -0.25) is 14.5 Å². The molecule has 1 amide bonds. The van der Waals surface area contributed by atoms with Crippen LogP contribution in [0.1, 0.15) is 24.2 Å². The number of piperazine rings is 1. The van der Waals surface area contributed by atoms with E-state index < -0.39 is 5.97 Å². The van der Waals surface area contributed by atoms with Crippen LogP contribution in [0.2, 0.25) is 5.02 Å². The van der Waals surface area contributed by atoms with Crippen molar-refractivity contribution >= 4 is 23.5 Å². The molecule has 2 aromatic carbocycles. The first-order chi connectivity index (χ1) is 15.4. The molecule has 1 aliphatic rings. The third kappa shape index (κ3) is 7.22. The highest BCUT2D eigenvalue weighted by atomic mass is 35.5. The second-order valence-corrected chi connectivity index (χ2v) is 8.10. The van der Waals surface area contributed by atoms with Gasteiger partial charge in [-0.05, 0) is 35.4 Å². The zero-order chi connectivity index (χ0) is 22.9. The van der Waals surface area contributed by atoms with E-state index in [0.29, 0.717) is 44.4 Å². The number of rotatable bonds is 9. The van der Waals surface area contributed by atoms with Gasteiger partial charge in [0.2, 0.25) is 0 Å². The van der Waals surface area contributed by atoms with Crippen LogP contribution in [0.15, 0.2) is 48.5 Å². The summed E-state index contributed by atoms with van der Waals surface area (Å²) in [5, 5.41) is 0.679. The minimum Gasteiger partial charge on any atom is -0.497 e. The van der Waals surface area contributed by atoms with Crippen LogP contribution >= 0.6 is 11.6 Å². The predicted octanol–water partition coefficient (Wildman–Crippen LogP) is 3.31. The van der Waals surface area contributed by atoms with Crippen LogP contribution in [0.4, 0.5) is 0 Å². The highest BCUT2D eigenvalue weighted by Crippen LogP contribution is 2.25. The van der Waals surface area contributed by atoms with Crippen LogP contribution in [0.25, 0.3) is 0 Å². The Bertz CT molecular complexity index is 915. The summed E-state index contributed by atoms with van der Waals surface area (Å²) in [5.74, 6) is 0.163. The monoisotopic (exact) mass is 460 g/mol. The third-order valence-corrected chi connectivity index (χ3v) is 5.59. The maximum Gasteiger partial charge on any atom is 0.303 e. The Kier molecular flexibility index (Phi) is 8.90. The van der Waals surface area contributed by atoms with Gasteiger partial charge in [0.15, 0.2) is 6.61 Å². The molecule has 1 unspecified atom stereocenters. The van der Waals surface area contributed by atoms with Crippen molar-refractivity contribution in [3.63, 3.8) is 0 Å². The molecule has 1 fully saturated rings. The summed E-state index contributed by atoms with van der Waals surface area (Å²) in [6.07, 6.45) is -0.174. The predicted molar refractivity (Wildman–Crippen MR) is 122 cm³/mol. The zero-order valence-corrected chi connectivity index (χ0v) is 19.2. The van der Waals surface area contributed by atoms with Crippen molar-refractivity contribution in [2.45, 2.75) is 19.6 Å². The average Bonchev–Trinajstić information content (AvgIpc) is 2.80. The number of benzene rings is 2. The summed E-state index contributed by atoms with van der Waals surface area (Å²) in [6, 6.07) is 15.5. The molecular formula is C24H29ClN2O5. The van der Waals surface area contributed by atoms with E-state index in [0.717, 1.165) is 16.9 Å². The van der Waals surface area contributed by atoms with Crippen molar-refractivity contribution in [2.75, 3.05) is 46.4 Å². The van der Waals surface area contributed by atoms with E-state index in [1.165, 1.54) is 6.92 Å². The lowest BCUT2D eigenvalue weighted by molar-refractivity contribution is -0.151. The summed E-state index contributed by atoms with van der Waals surface area (Å²) in [7, 11) is 1.65. The van der Waals surface area contributed by atoms with E-state index >= 15 is 0 Å². The third-order valence-electron chi connectivity index (χ3n) is 5.35. The zero-order valence-electron chi connectivity index (χ0n) is 18.5. The number of hydrogen-bond donors (Lipinski definition) is 0. The van der Waals surface area contributed by atoms with Gasteiger partial charge in [-0.25, -0.2) is 0 Å². The number of halogens is 1. The van der Waals surface area contributed by atoms with Gasteiger partial charge in [0.1, 0.15) is 5.75 Å². The Balaban J connectivity index is 1.62. The molecule has 1 aliphatic heterocycles. The van der Waals surface area contributed by atoms with Gasteiger partial charge in [-0.1, -0.05) is 35.9 Å². The maximum atomic E-state index is 12.2. The molecule has 0 radical (unpaired) electrons. The van der Waals surface area contributed by atoms with E-state index in [9.17, 15) is 9.59 Å². The van der Waals surface area contributed by atoms with Crippen molar-refractivity contribution in [2.24, 2.45) is 0 Å². The number of carbonyl (C=O) groups excluding carboxylic acids is 2. The second kappa shape index (κ2) is 11.9. The molecule has 1 heterocycles. The molecule has 0 aromatic heterocycles. The minimum absolute atomic E-state index is 0.165. The lowest BCUT2D eigenvalue weighted by Gasteiger charge is -2.36. The van der Waals surface area contributed by atoms with Crippen LogP contribution < -0.4 is 4.74 Å². The molecule has 2 aromatic rings. The summed E-state index contributed by atoms with van der Waals surface area (Å²) in [4.78, 5) is 27.1. The summed E-state index contributed by atoms with van der Waals surface area (Å²) < 4.78 is 16.5. The first kappa shape index (κ1) is 24.0. The van der Waals surface area contributed by atoms with Gasteiger partial charge < -0.3 is 19.1 Å². The van der Waals surface area contributed by atoms with Crippen LogP contribution in [-0.4, -0.2) is 68.1 Å². The summed E-state index contributed by atoms with van der Waals surface area (Å²) in [5.41, 5.74) is 2.03. The summed E-state index contributed by atoms with van der Waals surface area (Å²) in [6.45, 7) is 4.80. The number of methoxy groups -OCH3 is 1. The molecule has 172 valence electrons. The standard InChI is InChI=1S/C24H29ClN2O5/c1-18(28)31-17-24(29)27-11-9-26(10-12-27)15-23(20-6-4-8-22(14-20)30-2)32-16-19-5-3-7-21(25)13-19/h3-8,13-14,23H,9-12,15-17H2,1-2H3. The van der Waals surface area contributed by atoms with Crippen molar-refractivity contribution < 1.29 is 23.8 Å². The van der Waals surface area contributed by atoms with Gasteiger partial charge in [-0.15, -0.1) is 0 Å². The quantitative estimate of drug-likeness (QED) is 0.535. The normalized spacial score (nSPS) is 15.3. The Labute approximate surface area is 193 Å². The molecule has 7 nitrogen and oxygen atoms in total. The van der Waals surface area contributed by atoms with Gasteiger partial charge in [-0.2, -0.15) is 0 Å². The van der Waals surface area contributed by atoms with Crippen LogP contribution in [0, 0.1) is 0 Å². The fourth-order valence-corrected chi connectivity index (χ4v) is 3.80. The number of hydrogen-bond acceptors (Lipinski definition) is 6. The van der Waals surface area contributed by atoms with Crippen molar-refractivity contribution in [1.82, 2.24) is 9.80 Å². The smallest absolute Gasteiger partial charge is 0.303 e. The Morgan fingerprint density at radius 1 is 1.06 bits per heavy atom. The molecule has 1 saturated heterocycles. The Morgan fingerprint density at radius 2 is 1.81 bits per heavy atom. The molecule has 1 atom stereocenters. The van der Waals surface area contributed by atoms with Crippen molar-refractivity contribution in [3.05, 3.63) is 64.7 Å². The lowest BCUT2D eigenvalue weighted by atomic mass is 10.1. The molecule has 0 saturated carbocycles. The van der Waals surface area contributed by atoms with Crippen molar-refractivity contribution in [3.8, 4) is 5.75 Å². The van der Waals surface area contributed by atoms with Gasteiger partial charge in [0.25, 0.3) is 5.91 Å². The fraction of sp³-hybridized carbons (Fsp3) is 0.417. The Morgan fingerprint density at radius 3 is 2.50 bits per heavy atom. The van der Waals surface area contributed by atoms with Crippen LogP contribution in [-0.2, 0) is 25.7 Å². The SMILES string of the molecule is COc1cccc(C(CN2CCN(C(=O)COC(C)=O)CC2)OCc2cccc(Cl)c2)c1. The average molecular weight is 461 g/mol.